The van der Waals surface area contributed by atoms with Crippen LogP contribution in [-0.2, 0) is 0 Å². The van der Waals surface area contributed by atoms with Crippen molar-refractivity contribution in [2.75, 3.05) is 14.2 Å². The summed E-state index contributed by atoms with van der Waals surface area (Å²) < 4.78 is 24.0. The maximum absolute atomic E-state index is 13.4. The van der Waals surface area contributed by atoms with E-state index in [1.54, 1.807) is 20.3 Å². The van der Waals surface area contributed by atoms with Crippen molar-refractivity contribution < 1.29 is 19.0 Å². The van der Waals surface area contributed by atoms with E-state index >= 15 is 0 Å². The van der Waals surface area contributed by atoms with Gasteiger partial charge in [0, 0.05) is 23.6 Å². The molecule has 2 N–H and O–H groups in total. The molecule has 1 unspecified atom stereocenters. The van der Waals surface area contributed by atoms with Gasteiger partial charge in [0.1, 0.15) is 23.1 Å². The molecule has 0 radical (unpaired) electrons. The van der Waals surface area contributed by atoms with Crippen LogP contribution in [0.25, 0.3) is 0 Å². The summed E-state index contributed by atoms with van der Waals surface area (Å²) in [5.41, 5.74) is 4.93. The fourth-order valence-electron chi connectivity index (χ4n) is 2.64. The SMILES string of the molecule is COc1ccc(C2CC(c3cc(F)ccc3O)=NN2)c(OC)c1. The number of phenolic OH excluding ortho intramolecular Hbond substituents is 1. The lowest BCUT2D eigenvalue weighted by atomic mass is 9.97. The molecule has 3 rings (SSSR count). The summed E-state index contributed by atoms with van der Waals surface area (Å²) in [5.74, 6) is 0.981. The van der Waals surface area contributed by atoms with E-state index in [1.165, 1.54) is 18.2 Å². The maximum Gasteiger partial charge on any atom is 0.127 e. The summed E-state index contributed by atoms with van der Waals surface area (Å²) in [5, 5.41) is 14.1. The number of nitrogens with zero attached hydrogens (tertiary/aromatic N) is 1. The molecule has 1 heterocycles. The number of phenols is 1. The second-order valence-corrected chi connectivity index (χ2v) is 5.21. The molecular weight excluding hydrogens is 299 g/mol. The van der Waals surface area contributed by atoms with E-state index in [9.17, 15) is 9.50 Å². The van der Waals surface area contributed by atoms with Crippen LogP contribution in [0, 0.1) is 5.82 Å². The molecule has 0 spiro atoms. The van der Waals surface area contributed by atoms with Gasteiger partial charge in [0.05, 0.1) is 26.0 Å². The number of hydrogen-bond acceptors (Lipinski definition) is 5. The zero-order chi connectivity index (χ0) is 16.4. The molecule has 0 saturated carbocycles. The van der Waals surface area contributed by atoms with E-state index in [0.717, 1.165) is 5.56 Å². The zero-order valence-electron chi connectivity index (χ0n) is 12.8. The Morgan fingerprint density at radius 2 is 2.00 bits per heavy atom. The highest BCUT2D eigenvalue weighted by Gasteiger charge is 2.25. The topological polar surface area (TPSA) is 63.1 Å². The minimum atomic E-state index is -0.411. The Morgan fingerprint density at radius 3 is 2.74 bits per heavy atom. The molecule has 0 fully saturated rings. The van der Waals surface area contributed by atoms with Crippen LogP contribution in [0.2, 0.25) is 0 Å². The van der Waals surface area contributed by atoms with Gasteiger partial charge in [-0.05, 0) is 30.3 Å². The van der Waals surface area contributed by atoms with E-state index in [0.29, 0.717) is 29.2 Å². The van der Waals surface area contributed by atoms with Crippen LogP contribution in [0.1, 0.15) is 23.6 Å². The van der Waals surface area contributed by atoms with Gasteiger partial charge in [-0.3, -0.25) is 0 Å². The molecule has 0 amide bonds. The van der Waals surface area contributed by atoms with Crippen molar-refractivity contribution in [3.05, 3.63) is 53.3 Å². The van der Waals surface area contributed by atoms with Crippen LogP contribution in [0.5, 0.6) is 17.2 Å². The standard InChI is InChI=1S/C17H17FN2O3/c1-22-11-4-5-12(17(8-11)23-2)14-9-15(20-19-14)13-7-10(18)3-6-16(13)21/h3-8,14,19,21H,9H2,1-2H3. The lowest BCUT2D eigenvalue weighted by Crippen LogP contribution is -2.11. The highest BCUT2D eigenvalue weighted by atomic mass is 19.1. The van der Waals surface area contributed by atoms with Crippen LogP contribution in [0.4, 0.5) is 4.39 Å². The third-order valence-electron chi connectivity index (χ3n) is 3.84. The lowest BCUT2D eigenvalue weighted by molar-refractivity contribution is 0.386. The molecule has 1 atom stereocenters. The lowest BCUT2D eigenvalue weighted by Gasteiger charge is -2.15. The van der Waals surface area contributed by atoms with Crippen molar-refractivity contribution in [2.45, 2.75) is 12.5 Å². The van der Waals surface area contributed by atoms with E-state index in [-0.39, 0.29) is 11.8 Å². The minimum absolute atomic E-state index is 0.00861. The van der Waals surface area contributed by atoms with Crippen LogP contribution in [-0.4, -0.2) is 25.0 Å². The highest BCUT2D eigenvalue weighted by Crippen LogP contribution is 2.35. The normalized spacial score (nSPS) is 16.7. The second-order valence-electron chi connectivity index (χ2n) is 5.21. The van der Waals surface area contributed by atoms with Gasteiger partial charge in [-0.15, -0.1) is 0 Å². The van der Waals surface area contributed by atoms with E-state index in [4.69, 9.17) is 9.47 Å². The van der Waals surface area contributed by atoms with Gasteiger partial charge < -0.3 is 20.0 Å². The number of hydrazone groups is 1. The van der Waals surface area contributed by atoms with Crippen LogP contribution < -0.4 is 14.9 Å². The summed E-state index contributed by atoms with van der Waals surface area (Å²) in [6.45, 7) is 0. The van der Waals surface area contributed by atoms with Crippen LogP contribution >= 0.6 is 0 Å². The minimum Gasteiger partial charge on any atom is -0.507 e. The molecule has 0 bridgehead atoms. The van der Waals surface area contributed by atoms with Gasteiger partial charge in [-0.1, -0.05) is 0 Å². The van der Waals surface area contributed by atoms with Gasteiger partial charge in [0.2, 0.25) is 0 Å². The molecule has 5 nitrogen and oxygen atoms in total. The molecule has 2 aromatic rings. The number of nitrogens with one attached hydrogen (secondary N) is 1. The Kier molecular flexibility index (Phi) is 4.06. The van der Waals surface area contributed by atoms with Crippen molar-refractivity contribution in [3.63, 3.8) is 0 Å². The summed E-state index contributed by atoms with van der Waals surface area (Å²) in [4.78, 5) is 0. The first-order chi connectivity index (χ1) is 11.1. The largest absolute Gasteiger partial charge is 0.507 e. The van der Waals surface area contributed by atoms with Crippen LogP contribution in [0.15, 0.2) is 41.5 Å². The van der Waals surface area contributed by atoms with Gasteiger partial charge in [-0.2, -0.15) is 5.10 Å². The molecule has 6 heteroatoms. The fraction of sp³-hybridized carbons (Fsp3) is 0.235. The van der Waals surface area contributed by atoms with E-state index in [1.807, 2.05) is 12.1 Å². The molecule has 2 aromatic carbocycles. The quantitative estimate of drug-likeness (QED) is 0.910. The number of hydrogen-bond donors (Lipinski definition) is 2. The van der Waals surface area contributed by atoms with Crippen molar-refractivity contribution in [1.29, 1.82) is 0 Å². The molecule has 23 heavy (non-hydrogen) atoms. The number of aromatic hydroxyl groups is 1. The first-order valence-electron chi connectivity index (χ1n) is 7.15. The number of rotatable bonds is 4. The molecule has 0 aromatic heterocycles. The summed E-state index contributed by atoms with van der Waals surface area (Å²) in [7, 11) is 3.18. The first kappa shape index (κ1) is 15.1. The van der Waals surface area contributed by atoms with Crippen molar-refractivity contribution >= 4 is 5.71 Å². The van der Waals surface area contributed by atoms with Crippen molar-refractivity contribution in [2.24, 2.45) is 5.10 Å². The Balaban J connectivity index is 1.86. The molecule has 0 aliphatic carbocycles. The van der Waals surface area contributed by atoms with E-state index in [2.05, 4.69) is 10.5 Å². The second kappa shape index (κ2) is 6.16. The average molecular weight is 316 g/mol. The Labute approximate surface area is 133 Å². The molecule has 1 aliphatic rings. The predicted molar refractivity (Wildman–Crippen MR) is 84.6 cm³/mol. The van der Waals surface area contributed by atoms with E-state index < -0.39 is 5.82 Å². The van der Waals surface area contributed by atoms with Crippen molar-refractivity contribution in [3.8, 4) is 17.2 Å². The van der Waals surface area contributed by atoms with Crippen molar-refractivity contribution in [1.82, 2.24) is 5.43 Å². The highest BCUT2D eigenvalue weighted by molar-refractivity contribution is 6.04. The number of halogens is 1. The number of benzene rings is 2. The van der Waals surface area contributed by atoms with Gasteiger partial charge in [0.15, 0.2) is 0 Å². The third-order valence-corrected chi connectivity index (χ3v) is 3.84. The summed E-state index contributed by atoms with van der Waals surface area (Å²) in [6.07, 6.45) is 0.514. The smallest absolute Gasteiger partial charge is 0.127 e. The fourth-order valence-corrected chi connectivity index (χ4v) is 2.64. The Morgan fingerprint density at radius 1 is 1.17 bits per heavy atom. The molecule has 1 aliphatic heterocycles. The maximum atomic E-state index is 13.4. The van der Waals surface area contributed by atoms with Gasteiger partial charge in [-0.25, -0.2) is 4.39 Å². The first-order valence-corrected chi connectivity index (χ1v) is 7.15. The number of methoxy groups -OCH3 is 2. The van der Waals surface area contributed by atoms with Gasteiger partial charge >= 0.3 is 0 Å². The average Bonchev–Trinajstić information content (AvgIpc) is 3.06. The molecule has 120 valence electrons. The molecular formula is C17H17FN2O3. The third kappa shape index (κ3) is 2.92. The van der Waals surface area contributed by atoms with Gasteiger partial charge in [0.25, 0.3) is 0 Å². The Bertz CT molecular complexity index is 761. The summed E-state index contributed by atoms with van der Waals surface area (Å²) >= 11 is 0. The Hall–Kier alpha value is -2.76. The predicted octanol–water partition coefficient (Wildman–Crippen LogP) is 2.99. The number of ether oxygens (including phenoxy) is 2. The zero-order valence-corrected chi connectivity index (χ0v) is 12.8. The van der Waals surface area contributed by atoms with Crippen LogP contribution in [0.3, 0.4) is 0 Å². The monoisotopic (exact) mass is 316 g/mol. The summed E-state index contributed by atoms with van der Waals surface area (Å²) in [6, 6.07) is 9.25. The molecule has 0 saturated heterocycles.